The lowest BCUT2D eigenvalue weighted by atomic mass is 10.2. The van der Waals surface area contributed by atoms with Crippen molar-refractivity contribution in [3.8, 4) is 22.1 Å². The number of aromatic amines is 1. The predicted molar refractivity (Wildman–Crippen MR) is 102 cm³/mol. The highest BCUT2D eigenvalue weighted by Gasteiger charge is 2.19. The van der Waals surface area contributed by atoms with Crippen molar-refractivity contribution in [2.45, 2.75) is 13.3 Å². The minimum atomic E-state index is -0.317. The highest BCUT2D eigenvalue weighted by molar-refractivity contribution is 7.15. The van der Waals surface area contributed by atoms with Crippen molar-refractivity contribution >= 4 is 34.7 Å². The zero-order valence-electron chi connectivity index (χ0n) is 14.0. The number of H-pyrrole nitrogens is 1. The average Bonchev–Trinajstić information content (AvgIpc) is 3.17. The van der Waals surface area contributed by atoms with Gasteiger partial charge in [-0.05, 0) is 31.2 Å². The fraction of sp³-hybridized carbons (Fsp3) is 0.222. The first-order chi connectivity index (χ1) is 12.6. The Bertz CT molecular complexity index is 966. The molecule has 3 heterocycles. The molecule has 2 N–H and O–H groups in total. The maximum absolute atomic E-state index is 12.6. The first kappa shape index (κ1) is 16.9. The molecule has 0 spiro atoms. The number of ether oxygens (including phenoxy) is 2. The minimum Gasteiger partial charge on any atom is -0.489 e. The fourth-order valence-corrected chi connectivity index (χ4v) is 3.74. The third kappa shape index (κ3) is 3.40. The van der Waals surface area contributed by atoms with E-state index in [0.29, 0.717) is 41.1 Å². The molecule has 0 atom stereocenters. The summed E-state index contributed by atoms with van der Waals surface area (Å²) in [6, 6.07) is 9.06. The summed E-state index contributed by atoms with van der Waals surface area (Å²) in [5, 5.41) is 10.2. The molecule has 0 saturated heterocycles. The van der Waals surface area contributed by atoms with Crippen molar-refractivity contribution in [1.29, 1.82) is 0 Å². The summed E-state index contributed by atoms with van der Waals surface area (Å²) < 4.78 is 11.2. The van der Waals surface area contributed by atoms with Crippen LogP contribution in [0.15, 0.2) is 30.3 Å². The molecule has 0 radical (unpaired) electrons. The van der Waals surface area contributed by atoms with Crippen LogP contribution >= 0.6 is 22.9 Å². The van der Waals surface area contributed by atoms with E-state index in [-0.39, 0.29) is 5.91 Å². The van der Waals surface area contributed by atoms with Crippen LogP contribution in [0.4, 0.5) is 5.82 Å². The van der Waals surface area contributed by atoms with E-state index < -0.39 is 0 Å². The molecule has 134 valence electrons. The zero-order chi connectivity index (χ0) is 18.1. The molecular formula is C18H16ClN3O3S. The van der Waals surface area contributed by atoms with Crippen molar-refractivity contribution in [1.82, 2.24) is 10.2 Å². The highest BCUT2D eigenvalue weighted by Crippen LogP contribution is 2.38. The summed E-state index contributed by atoms with van der Waals surface area (Å²) >= 11 is 7.90. The van der Waals surface area contributed by atoms with Crippen LogP contribution in [-0.4, -0.2) is 29.3 Å². The van der Waals surface area contributed by atoms with Crippen LogP contribution in [0.2, 0.25) is 5.02 Å². The van der Waals surface area contributed by atoms with E-state index >= 15 is 0 Å². The van der Waals surface area contributed by atoms with Crippen molar-refractivity contribution in [3.63, 3.8) is 0 Å². The topological polar surface area (TPSA) is 76.2 Å². The number of amides is 1. The SMILES string of the molecule is Cc1ccc(-c2cc(NC(=O)c3cc(Cl)c4c(c3)OCCCO4)n[nH]2)s1. The molecule has 0 bridgehead atoms. The summed E-state index contributed by atoms with van der Waals surface area (Å²) in [7, 11) is 0. The molecule has 1 amide bonds. The molecule has 1 aliphatic rings. The first-order valence-electron chi connectivity index (χ1n) is 8.13. The zero-order valence-corrected chi connectivity index (χ0v) is 15.5. The van der Waals surface area contributed by atoms with Gasteiger partial charge in [-0.2, -0.15) is 5.10 Å². The molecule has 26 heavy (non-hydrogen) atoms. The molecule has 3 aromatic rings. The number of fused-ring (bicyclic) bond motifs is 1. The molecule has 2 aromatic heterocycles. The number of benzene rings is 1. The average molecular weight is 390 g/mol. The van der Waals surface area contributed by atoms with Crippen LogP contribution < -0.4 is 14.8 Å². The number of hydrogen-bond donors (Lipinski definition) is 2. The van der Waals surface area contributed by atoms with E-state index in [2.05, 4.69) is 15.5 Å². The Balaban J connectivity index is 1.54. The van der Waals surface area contributed by atoms with Gasteiger partial charge in [-0.25, -0.2) is 0 Å². The number of halogens is 1. The van der Waals surface area contributed by atoms with E-state index in [1.54, 1.807) is 29.5 Å². The van der Waals surface area contributed by atoms with Crippen molar-refractivity contribution in [2.24, 2.45) is 0 Å². The van der Waals surface area contributed by atoms with Crippen molar-refractivity contribution < 1.29 is 14.3 Å². The number of carbonyl (C=O) groups excluding carboxylic acids is 1. The lowest BCUT2D eigenvalue weighted by Gasteiger charge is -2.11. The van der Waals surface area contributed by atoms with Crippen LogP contribution in [0.1, 0.15) is 21.7 Å². The van der Waals surface area contributed by atoms with E-state index in [0.717, 1.165) is 17.0 Å². The van der Waals surface area contributed by atoms with Gasteiger partial charge < -0.3 is 14.8 Å². The molecule has 6 nitrogen and oxygen atoms in total. The number of aryl methyl sites for hydroxylation is 1. The van der Waals surface area contributed by atoms with Gasteiger partial charge in [0.2, 0.25) is 0 Å². The van der Waals surface area contributed by atoms with Crippen LogP contribution in [-0.2, 0) is 0 Å². The smallest absolute Gasteiger partial charge is 0.257 e. The summed E-state index contributed by atoms with van der Waals surface area (Å²) in [4.78, 5) is 14.8. The highest BCUT2D eigenvalue weighted by atomic mass is 35.5. The normalized spacial score (nSPS) is 13.3. The third-order valence-electron chi connectivity index (χ3n) is 3.89. The number of nitrogens with zero attached hydrogens (tertiary/aromatic N) is 1. The Morgan fingerprint density at radius 1 is 1.27 bits per heavy atom. The number of nitrogens with one attached hydrogen (secondary N) is 2. The van der Waals surface area contributed by atoms with Crippen LogP contribution in [0, 0.1) is 6.92 Å². The van der Waals surface area contributed by atoms with Gasteiger partial charge in [0.15, 0.2) is 17.3 Å². The number of aromatic nitrogens is 2. The molecule has 0 saturated carbocycles. The molecule has 0 unspecified atom stereocenters. The number of rotatable bonds is 3. The van der Waals surface area contributed by atoms with Gasteiger partial charge in [0.25, 0.3) is 5.91 Å². The largest absolute Gasteiger partial charge is 0.489 e. The molecule has 0 aliphatic carbocycles. The molecular weight excluding hydrogens is 374 g/mol. The maximum Gasteiger partial charge on any atom is 0.257 e. The standard InChI is InChI=1S/C18H16ClN3O3S/c1-10-3-4-15(26-10)13-9-16(22-21-13)20-18(23)11-7-12(19)17-14(8-11)24-5-2-6-25-17/h3-4,7-9H,2,5-6H2,1H3,(H2,20,21,22,23). The molecule has 4 rings (SSSR count). The molecule has 0 fully saturated rings. The monoisotopic (exact) mass is 389 g/mol. The Kier molecular flexibility index (Phi) is 4.57. The van der Waals surface area contributed by atoms with E-state index in [4.69, 9.17) is 21.1 Å². The van der Waals surface area contributed by atoms with Crippen LogP contribution in [0.25, 0.3) is 10.6 Å². The Labute approximate surface area is 159 Å². The number of carbonyl (C=O) groups is 1. The number of thiophene rings is 1. The van der Waals surface area contributed by atoms with Crippen molar-refractivity contribution in [2.75, 3.05) is 18.5 Å². The number of anilines is 1. The lowest BCUT2D eigenvalue weighted by molar-refractivity contribution is 0.102. The van der Waals surface area contributed by atoms with Crippen LogP contribution in [0.3, 0.4) is 0 Å². The van der Waals surface area contributed by atoms with E-state index in [1.165, 1.54) is 4.88 Å². The Morgan fingerprint density at radius 2 is 2.12 bits per heavy atom. The van der Waals surface area contributed by atoms with Crippen molar-refractivity contribution in [3.05, 3.63) is 45.8 Å². The van der Waals surface area contributed by atoms with E-state index in [9.17, 15) is 4.79 Å². The minimum absolute atomic E-state index is 0.317. The fourth-order valence-electron chi connectivity index (χ4n) is 2.64. The summed E-state index contributed by atoms with van der Waals surface area (Å²) in [6.45, 7) is 3.11. The van der Waals surface area contributed by atoms with Crippen LogP contribution in [0.5, 0.6) is 11.5 Å². The quantitative estimate of drug-likeness (QED) is 0.690. The number of hydrogen-bond acceptors (Lipinski definition) is 5. The lowest BCUT2D eigenvalue weighted by Crippen LogP contribution is -2.12. The summed E-state index contributed by atoms with van der Waals surface area (Å²) in [5.41, 5.74) is 1.24. The van der Waals surface area contributed by atoms with Gasteiger partial charge in [-0.15, -0.1) is 11.3 Å². The van der Waals surface area contributed by atoms with E-state index in [1.807, 2.05) is 19.1 Å². The predicted octanol–water partition coefficient (Wildman–Crippen LogP) is 4.51. The second-order valence-corrected chi connectivity index (χ2v) is 7.56. The van der Waals surface area contributed by atoms with Gasteiger partial charge in [-0.3, -0.25) is 9.89 Å². The molecule has 1 aromatic carbocycles. The van der Waals surface area contributed by atoms with Gasteiger partial charge >= 0.3 is 0 Å². The summed E-state index contributed by atoms with van der Waals surface area (Å²) in [6.07, 6.45) is 0.769. The van der Waals surface area contributed by atoms with Gasteiger partial charge in [0.1, 0.15) is 0 Å². The Morgan fingerprint density at radius 3 is 2.92 bits per heavy atom. The second-order valence-electron chi connectivity index (χ2n) is 5.87. The Hall–Kier alpha value is -2.51. The molecule has 1 aliphatic heterocycles. The van der Waals surface area contributed by atoms with Gasteiger partial charge in [0.05, 0.1) is 28.8 Å². The maximum atomic E-state index is 12.6. The second kappa shape index (κ2) is 7.01. The first-order valence-corrected chi connectivity index (χ1v) is 9.32. The summed E-state index contributed by atoms with van der Waals surface area (Å²) in [5.74, 6) is 1.09. The van der Waals surface area contributed by atoms with Gasteiger partial charge in [-0.1, -0.05) is 11.6 Å². The van der Waals surface area contributed by atoms with Gasteiger partial charge in [0, 0.05) is 22.9 Å². The molecule has 8 heteroatoms. The third-order valence-corrected chi connectivity index (χ3v) is 5.20.